The maximum atomic E-state index is 12.3. The van der Waals surface area contributed by atoms with Crippen molar-refractivity contribution in [1.82, 2.24) is 0 Å². The lowest BCUT2D eigenvalue weighted by Crippen LogP contribution is -2.05. The molecule has 0 aromatic heterocycles. The molecule has 0 aromatic rings. The fourth-order valence-electron chi connectivity index (χ4n) is 2.72. The van der Waals surface area contributed by atoms with Crippen LogP contribution in [0.2, 0.25) is 0 Å². The summed E-state index contributed by atoms with van der Waals surface area (Å²) in [4.78, 5) is 10.8. The summed E-state index contributed by atoms with van der Waals surface area (Å²) in [5, 5.41) is 0. The van der Waals surface area contributed by atoms with Crippen LogP contribution in [0.3, 0.4) is 0 Å². The molecule has 0 rings (SSSR count). The van der Waals surface area contributed by atoms with Crippen molar-refractivity contribution in [2.75, 3.05) is 6.61 Å². The third-order valence-electron chi connectivity index (χ3n) is 4.20. The summed E-state index contributed by atoms with van der Waals surface area (Å²) in [5.41, 5.74) is 0. The molecule has 0 aliphatic rings. The number of unbranched alkanes of at least 4 members (excludes halogenated alkanes) is 14. The van der Waals surface area contributed by atoms with Crippen LogP contribution in [-0.4, -0.2) is 12.6 Å². The van der Waals surface area contributed by atoms with Crippen LogP contribution in [0.4, 0.5) is 4.39 Å². The van der Waals surface area contributed by atoms with Crippen molar-refractivity contribution in [1.29, 1.82) is 0 Å². The number of carbonyl (C=O) groups excluding carboxylic acids is 1. The molecule has 0 unspecified atom stereocenters. The van der Waals surface area contributed by atoms with Crippen LogP contribution in [0.15, 0.2) is 12.4 Å². The van der Waals surface area contributed by atoms with Gasteiger partial charge >= 0.3 is 5.97 Å². The highest BCUT2D eigenvalue weighted by Crippen LogP contribution is 2.13. The summed E-state index contributed by atoms with van der Waals surface area (Å²) in [6.45, 7) is 5.47. The van der Waals surface area contributed by atoms with Gasteiger partial charge in [-0.15, -0.1) is 0 Å². The van der Waals surface area contributed by atoms with Crippen LogP contribution >= 0.6 is 0 Å². The molecule has 0 radical (unpaired) electrons. The number of esters is 1. The molecule has 0 aromatic carbocycles. The monoisotopic (exact) mass is 328 g/mol. The average Bonchev–Trinajstić information content (AvgIpc) is 2.54. The lowest BCUT2D eigenvalue weighted by Gasteiger charge is -2.04. The Morgan fingerprint density at radius 2 is 1.09 bits per heavy atom. The molecule has 0 heterocycles. The Bertz CT molecular complexity index is 289. The highest BCUT2D eigenvalue weighted by atomic mass is 19.1. The van der Waals surface area contributed by atoms with Gasteiger partial charge in [-0.2, -0.15) is 4.39 Å². The maximum absolute atomic E-state index is 12.3. The van der Waals surface area contributed by atoms with Gasteiger partial charge in [-0.25, -0.2) is 4.79 Å². The molecule has 0 aliphatic heterocycles. The Morgan fingerprint density at radius 3 is 1.43 bits per heavy atom. The quantitative estimate of drug-likeness (QED) is 0.165. The van der Waals surface area contributed by atoms with Gasteiger partial charge in [0.15, 0.2) is 0 Å². The molecule has 0 N–H and O–H groups in total. The molecule has 0 aliphatic carbocycles. The standard InChI is InChI=1S/C20H37FO2/c1-3-4-5-6-7-8-9-10-11-12-13-14-15-16-17-18-23-20(22)19(2)21/h2-18H2,1H3. The molecule has 136 valence electrons. The second-order valence-corrected chi connectivity index (χ2v) is 6.49. The molecule has 0 saturated heterocycles. The Balaban J connectivity index is 3.05. The molecule has 0 amide bonds. The molecule has 3 heteroatoms. The minimum Gasteiger partial charge on any atom is -0.460 e. The Labute approximate surface area is 142 Å². The molecular formula is C20H37FO2. The first kappa shape index (κ1) is 22.1. The summed E-state index contributed by atoms with van der Waals surface area (Å²) in [6, 6.07) is 0. The number of ether oxygens (including phenoxy) is 1. The van der Waals surface area contributed by atoms with E-state index in [0.29, 0.717) is 6.61 Å². The lowest BCUT2D eigenvalue weighted by molar-refractivity contribution is -0.140. The number of halogens is 1. The van der Waals surface area contributed by atoms with Crippen molar-refractivity contribution < 1.29 is 13.9 Å². The van der Waals surface area contributed by atoms with E-state index in [1.54, 1.807) is 0 Å². The van der Waals surface area contributed by atoms with Crippen LogP contribution in [0, 0.1) is 0 Å². The van der Waals surface area contributed by atoms with Gasteiger partial charge in [0.05, 0.1) is 6.61 Å². The van der Waals surface area contributed by atoms with E-state index in [0.717, 1.165) is 12.8 Å². The number of rotatable bonds is 17. The van der Waals surface area contributed by atoms with Crippen molar-refractivity contribution in [3.8, 4) is 0 Å². The van der Waals surface area contributed by atoms with Crippen molar-refractivity contribution in [2.45, 2.75) is 103 Å². The largest absolute Gasteiger partial charge is 0.460 e. The first-order valence-corrected chi connectivity index (χ1v) is 9.70. The molecule has 0 bridgehead atoms. The zero-order valence-electron chi connectivity index (χ0n) is 15.2. The zero-order chi connectivity index (χ0) is 17.2. The van der Waals surface area contributed by atoms with E-state index in [1.807, 2.05) is 0 Å². The SMILES string of the molecule is C=C(F)C(=O)OCCCCCCCCCCCCCCCCC. The summed E-state index contributed by atoms with van der Waals surface area (Å²) in [5.74, 6) is -1.93. The molecule has 0 atom stereocenters. The smallest absolute Gasteiger partial charge is 0.366 e. The summed E-state index contributed by atoms with van der Waals surface area (Å²) >= 11 is 0. The van der Waals surface area contributed by atoms with E-state index >= 15 is 0 Å². The van der Waals surface area contributed by atoms with E-state index in [-0.39, 0.29) is 0 Å². The van der Waals surface area contributed by atoms with E-state index in [9.17, 15) is 9.18 Å². The van der Waals surface area contributed by atoms with Crippen molar-refractivity contribution in [3.63, 3.8) is 0 Å². The summed E-state index contributed by atoms with van der Waals surface area (Å²) in [6.07, 6.45) is 19.5. The van der Waals surface area contributed by atoms with Crippen LogP contribution in [0.1, 0.15) is 103 Å². The Hall–Kier alpha value is -0.860. The lowest BCUT2D eigenvalue weighted by atomic mass is 10.0. The average molecular weight is 329 g/mol. The van der Waals surface area contributed by atoms with Crippen LogP contribution in [-0.2, 0) is 9.53 Å². The Kier molecular flexibility index (Phi) is 16.8. The van der Waals surface area contributed by atoms with E-state index in [4.69, 9.17) is 4.74 Å². The van der Waals surface area contributed by atoms with Crippen LogP contribution in [0.5, 0.6) is 0 Å². The first-order valence-electron chi connectivity index (χ1n) is 9.70. The van der Waals surface area contributed by atoms with Gasteiger partial charge in [0.1, 0.15) is 0 Å². The van der Waals surface area contributed by atoms with Gasteiger partial charge < -0.3 is 4.74 Å². The second-order valence-electron chi connectivity index (χ2n) is 6.49. The summed E-state index contributed by atoms with van der Waals surface area (Å²) in [7, 11) is 0. The molecule has 23 heavy (non-hydrogen) atoms. The second kappa shape index (κ2) is 17.5. The minimum absolute atomic E-state index is 0.306. The van der Waals surface area contributed by atoms with Crippen molar-refractivity contribution in [2.24, 2.45) is 0 Å². The number of carbonyl (C=O) groups is 1. The number of hydrogen-bond donors (Lipinski definition) is 0. The van der Waals surface area contributed by atoms with Gasteiger partial charge in [-0.3, -0.25) is 0 Å². The normalized spacial score (nSPS) is 10.7. The van der Waals surface area contributed by atoms with Gasteiger partial charge in [-0.05, 0) is 6.42 Å². The van der Waals surface area contributed by atoms with Gasteiger partial charge in [0, 0.05) is 0 Å². The van der Waals surface area contributed by atoms with Crippen LogP contribution in [0.25, 0.3) is 0 Å². The topological polar surface area (TPSA) is 26.3 Å². The fraction of sp³-hybridized carbons (Fsp3) is 0.850. The minimum atomic E-state index is -1.01. The zero-order valence-corrected chi connectivity index (χ0v) is 15.2. The van der Waals surface area contributed by atoms with Gasteiger partial charge in [0.2, 0.25) is 5.83 Å². The third kappa shape index (κ3) is 17.3. The molecule has 2 nitrogen and oxygen atoms in total. The predicted molar refractivity (Wildman–Crippen MR) is 96.1 cm³/mol. The predicted octanol–water partition coefficient (Wildman–Crippen LogP) is 6.88. The molecule has 0 saturated carbocycles. The molecule has 0 spiro atoms. The molecule has 0 fully saturated rings. The highest BCUT2D eigenvalue weighted by Gasteiger charge is 2.05. The number of hydrogen-bond acceptors (Lipinski definition) is 2. The molecular weight excluding hydrogens is 291 g/mol. The van der Waals surface area contributed by atoms with Crippen molar-refractivity contribution in [3.05, 3.63) is 12.4 Å². The summed E-state index contributed by atoms with van der Waals surface area (Å²) < 4.78 is 17.0. The highest BCUT2D eigenvalue weighted by molar-refractivity contribution is 5.85. The fourth-order valence-corrected chi connectivity index (χ4v) is 2.72. The van der Waals surface area contributed by atoms with E-state index < -0.39 is 11.8 Å². The third-order valence-corrected chi connectivity index (χ3v) is 4.20. The van der Waals surface area contributed by atoms with E-state index in [1.165, 1.54) is 83.5 Å². The van der Waals surface area contributed by atoms with Crippen LogP contribution < -0.4 is 0 Å². The van der Waals surface area contributed by atoms with Gasteiger partial charge in [0.25, 0.3) is 0 Å². The first-order chi connectivity index (χ1) is 11.2. The van der Waals surface area contributed by atoms with Gasteiger partial charge in [-0.1, -0.05) is 103 Å². The van der Waals surface area contributed by atoms with E-state index in [2.05, 4.69) is 13.5 Å². The Morgan fingerprint density at radius 1 is 0.739 bits per heavy atom. The maximum Gasteiger partial charge on any atom is 0.366 e. The van der Waals surface area contributed by atoms with Crippen molar-refractivity contribution >= 4 is 5.97 Å².